The van der Waals surface area contributed by atoms with E-state index in [9.17, 15) is 9.59 Å². The first kappa shape index (κ1) is 18.6. The maximum atomic E-state index is 12.8. The number of hydrogen-bond donors (Lipinski definition) is 2. The molecule has 1 saturated heterocycles. The van der Waals surface area contributed by atoms with Gasteiger partial charge in [0.05, 0.1) is 17.1 Å². The van der Waals surface area contributed by atoms with Gasteiger partial charge in [-0.1, -0.05) is 0 Å². The van der Waals surface area contributed by atoms with Gasteiger partial charge in [0, 0.05) is 35.6 Å². The van der Waals surface area contributed by atoms with Crippen molar-refractivity contribution >= 4 is 22.5 Å². The van der Waals surface area contributed by atoms with Crippen LogP contribution in [0, 0.1) is 0 Å². The zero-order valence-electron chi connectivity index (χ0n) is 16.7. The van der Waals surface area contributed by atoms with Crippen molar-refractivity contribution in [2.24, 2.45) is 0 Å². The molecule has 1 aliphatic rings. The lowest BCUT2D eigenvalue weighted by molar-refractivity contribution is -0.123. The minimum atomic E-state index is -0.247. The number of rotatable bonds is 3. The standard InChI is InChI=1S/C20H26N6O2/c1-19(2)9-13(10-20(3,4)24-19)23-17(27)12-25-8-6-15-14(18(25)28)11-21-16-5-7-22-26(15)16/h5-8,11,13,24H,9-10,12H2,1-4H3,(H,23,27). The van der Waals surface area contributed by atoms with Crippen molar-refractivity contribution in [2.75, 3.05) is 0 Å². The van der Waals surface area contributed by atoms with Crippen molar-refractivity contribution in [2.45, 2.75) is 64.2 Å². The average molecular weight is 382 g/mol. The third-order valence-corrected chi connectivity index (χ3v) is 5.23. The molecule has 2 N–H and O–H groups in total. The molecule has 0 saturated carbocycles. The van der Waals surface area contributed by atoms with Crippen molar-refractivity contribution in [3.63, 3.8) is 0 Å². The van der Waals surface area contributed by atoms with Crippen LogP contribution in [-0.4, -0.2) is 42.2 Å². The Hall–Kier alpha value is -2.74. The highest BCUT2D eigenvalue weighted by Gasteiger charge is 2.38. The van der Waals surface area contributed by atoms with Crippen LogP contribution < -0.4 is 16.2 Å². The van der Waals surface area contributed by atoms with Crippen molar-refractivity contribution in [3.05, 3.63) is 41.1 Å². The van der Waals surface area contributed by atoms with Crippen LogP contribution >= 0.6 is 0 Å². The lowest BCUT2D eigenvalue weighted by Gasteiger charge is -2.46. The molecule has 4 rings (SSSR count). The van der Waals surface area contributed by atoms with Gasteiger partial charge in [-0.2, -0.15) is 5.10 Å². The van der Waals surface area contributed by atoms with E-state index in [0.717, 1.165) is 12.8 Å². The Kier molecular flexibility index (Phi) is 4.26. The highest BCUT2D eigenvalue weighted by molar-refractivity contribution is 5.80. The van der Waals surface area contributed by atoms with Crippen LogP contribution in [0.5, 0.6) is 0 Å². The first-order valence-electron chi connectivity index (χ1n) is 9.54. The summed E-state index contributed by atoms with van der Waals surface area (Å²) < 4.78 is 3.05. The number of fused-ring (bicyclic) bond motifs is 3. The molecule has 0 unspecified atom stereocenters. The molecule has 0 aromatic carbocycles. The fourth-order valence-corrected chi connectivity index (χ4v) is 4.58. The summed E-state index contributed by atoms with van der Waals surface area (Å²) in [5, 5.41) is 11.4. The predicted molar refractivity (Wildman–Crippen MR) is 107 cm³/mol. The molecule has 148 valence electrons. The highest BCUT2D eigenvalue weighted by atomic mass is 16.2. The molecule has 1 amide bonds. The largest absolute Gasteiger partial charge is 0.352 e. The second kappa shape index (κ2) is 6.41. The van der Waals surface area contributed by atoms with Crippen LogP contribution in [0.25, 0.3) is 16.6 Å². The monoisotopic (exact) mass is 382 g/mol. The molecule has 28 heavy (non-hydrogen) atoms. The Bertz CT molecular complexity index is 1090. The van der Waals surface area contributed by atoms with Crippen molar-refractivity contribution in [1.82, 2.24) is 29.8 Å². The molecule has 0 spiro atoms. The number of piperidine rings is 1. The van der Waals surface area contributed by atoms with E-state index in [-0.39, 0.29) is 35.1 Å². The summed E-state index contributed by atoms with van der Waals surface area (Å²) in [7, 11) is 0. The minimum absolute atomic E-state index is 0.0172. The van der Waals surface area contributed by atoms with Gasteiger partial charge >= 0.3 is 0 Å². The number of amides is 1. The third kappa shape index (κ3) is 3.52. The molecular weight excluding hydrogens is 356 g/mol. The second-order valence-electron chi connectivity index (χ2n) is 8.97. The van der Waals surface area contributed by atoms with Gasteiger partial charge in [0.1, 0.15) is 6.54 Å². The fraction of sp³-hybridized carbons (Fsp3) is 0.500. The predicted octanol–water partition coefficient (Wildman–Crippen LogP) is 1.47. The molecule has 1 fully saturated rings. The number of carbonyl (C=O) groups excluding carboxylic acids is 1. The maximum Gasteiger partial charge on any atom is 0.262 e. The van der Waals surface area contributed by atoms with Crippen molar-refractivity contribution in [1.29, 1.82) is 0 Å². The van der Waals surface area contributed by atoms with E-state index in [1.165, 1.54) is 4.57 Å². The van der Waals surface area contributed by atoms with Crippen LogP contribution in [0.15, 0.2) is 35.5 Å². The summed E-state index contributed by atoms with van der Waals surface area (Å²) in [6.07, 6.45) is 6.51. The minimum Gasteiger partial charge on any atom is -0.352 e. The highest BCUT2D eigenvalue weighted by Crippen LogP contribution is 2.28. The summed E-state index contributed by atoms with van der Waals surface area (Å²) >= 11 is 0. The Labute approximate surface area is 162 Å². The molecule has 0 atom stereocenters. The SMILES string of the molecule is CC1(C)CC(NC(=O)Cn2ccc3c(cnc4ccnn43)c2=O)CC(C)(C)N1. The van der Waals surface area contributed by atoms with Crippen molar-refractivity contribution < 1.29 is 4.79 Å². The van der Waals surface area contributed by atoms with Crippen LogP contribution in [0.2, 0.25) is 0 Å². The first-order valence-corrected chi connectivity index (χ1v) is 9.54. The normalized spacial score (nSPS) is 19.1. The summed E-state index contributed by atoms with van der Waals surface area (Å²) in [6, 6.07) is 3.64. The smallest absolute Gasteiger partial charge is 0.262 e. The molecule has 0 bridgehead atoms. The van der Waals surface area contributed by atoms with E-state index >= 15 is 0 Å². The zero-order valence-corrected chi connectivity index (χ0v) is 16.7. The van der Waals surface area contributed by atoms with E-state index in [1.54, 1.807) is 35.2 Å². The third-order valence-electron chi connectivity index (χ3n) is 5.23. The molecular formula is C20H26N6O2. The van der Waals surface area contributed by atoms with E-state index in [1.807, 2.05) is 0 Å². The Morgan fingerprint density at radius 1 is 1.25 bits per heavy atom. The lowest BCUT2D eigenvalue weighted by atomic mass is 9.79. The molecule has 3 aromatic heterocycles. The summed E-state index contributed by atoms with van der Waals surface area (Å²) in [4.78, 5) is 29.7. The van der Waals surface area contributed by atoms with E-state index < -0.39 is 0 Å². The molecule has 3 aromatic rings. The molecule has 1 aliphatic heterocycles. The van der Waals surface area contributed by atoms with Crippen molar-refractivity contribution in [3.8, 4) is 0 Å². The number of nitrogens with zero attached hydrogens (tertiary/aromatic N) is 4. The average Bonchev–Trinajstić information content (AvgIpc) is 3.03. The Balaban J connectivity index is 1.55. The van der Waals surface area contributed by atoms with Crippen LogP contribution in [0.3, 0.4) is 0 Å². The van der Waals surface area contributed by atoms with E-state index in [0.29, 0.717) is 16.6 Å². The second-order valence-corrected chi connectivity index (χ2v) is 8.97. The quantitative estimate of drug-likeness (QED) is 0.716. The topological polar surface area (TPSA) is 93.3 Å². The molecule has 0 aliphatic carbocycles. The van der Waals surface area contributed by atoms with Gasteiger partial charge in [-0.3, -0.25) is 9.59 Å². The molecule has 8 heteroatoms. The molecule has 4 heterocycles. The van der Waals surface area contributed by atoms with Gasteiger partial charge in [-0.05, 0) is 46.6 Å². The van der Waals surface area contributed by atoms with E-state index in [2.05, 4.69) is 48.4 Å². The fourth-order valence-electron chi connectivity index (χ4n) is 4.58. The van der Waals surface area contributed by atoms with Crippen LogP contribution in [0.4, 0.5) is 0 Å². The van der Waals surface area contributed by atoms with E-state index in [4.69, 9.17) is 0 Å². The van der Waals surface area contributed by atoms with Gasteiger partial charge in [0.25, 0.3) is 5.56 Å². The first-order chi connectivity index (χ1) is 13.1. The number of nitrogens with one attached hydrogen (secondary N) is 2. The molecule has 8 nitrogen and oxygen atoms in total. The summed E-state index contributed by atoms with van der Waals surface area (Å²) in [5.41, 5.74) is 1.00. The van der Waals surface area contributed by atoms with Crippen LogP contribution in [-0.2, 0) is 11.3 Å². The Morgan fingerprint density at radius 3 is 2.68 bits per heavy atom. The lowest BCUT2D eigenvalue weighted by Crippen LogP contribution is -2.62. The summed E-state index contributed by atoms with van der Waals surface area (Å²) in [5.74, 6) is -0.159. The number of aromatic nitrogens is 4. The number of pyridine rings is 1. The van der Waals surface area contributed by atoms with Gasteiger partial charge in [-0.15, -0.1) is 0 Å². The van der Waals surface area contributed by atoms with Gasteiger partial charge in [0.2, 0.25) is 5.91 Å². The number of carbonyl (C=O) groups is 1. The van der Waals surface area contributed by atoms with Gasteiger partial charge in [-0.25, -0.2) is 9.50 Å². The zero-order chi connectivity index (χ0) is 20.1. The molecule has 0 radical (unpaired) electrons. The van der Waals surface area contributed by atoms with Gasteiger partial charge < -0.3 is 15.2 Å². The summed E-state index contributed by atoms with van der Waals surface area (Å²) in [6.45, 7) is 8.55. The number of hydrogen-bond acceptors (Lipinski definition) is 5. The van der Waals surface area contributed by atoms with Crippen LogP contribution in [0.1, 0.15) is 40.5 Å². The van der Waals surface area contributed by atoms with Gasteiger partial charge in [0.15, 0.2) is 5.65 Å². The Morgan fingerprint density at radius 2 is 1.96 bits per heavy atom. The maximum absolute atomic E-state index is 12.8.